The highest BCUT2D eigenvalue weighted by Crippen LogP contribution is 2.15. The largest absolute Gasteiger partial charge is 0.367 e. The molecule has 0 saturated carbocycles. The van der Waals surface area contributed by atoms with Crippen LogP contribution in [0.3, 0.4) is 0 Å². The van der Waals surface area contributed by atoms with Crippen LogP contribution in [0.1, 0.15) is 16.1 Å². The van der Waals surface area contributed by atoms with Crippen LogP contribution in [0.2, 0.25) is 0 Å². The van der Waals surface area contributed by atoms with Gasteiger partial charge in [-0.25, -0.2) is 4.68 Å². The van der Waals surface area contributed by atoms with Crippen molar-refractivity contribution in [2.24, 2.45) is 0 Å². The number of carbonyl (C=O) groups excluding carboxylic acids is 1. The molecular weight excluding hydrogens is 384 g/mol. The summed E-state index contributed by atoms with van der Waals surface area (Å²) < 4.78 is 2.44. The molecule has 0 aliphatic heterocycles. The van der Waals surface area contributed by atoms with E-state index in [9.17, 15) is 4.79 Å². The molecule has 0 bridgehead atoms. The van der Waals surface area contributed by atoms with Crippen LogP contribution in [-0.4, -0.2) is 39.0 Å². The van der Waals surface area contributed by atoms with Crippen molar-refractivity contribution in [1.82, 2.24) is 25.3 Å². The van der Waals surface area contributed by atoms with Gasteiger partial charge in [0.25, 0.3) is 5.91 Å². The Hall–Kier alpha value is -2.74. The Balaban J connectivity index is 1.48. The average molecular weight is 401 g/mol. The summed E-state index contributed by atoms with van der Waals surface area (Å²) in [5.74, 6) is 1.17. The maximum Gasteiger partial charge on any atom is 0.252 e. The Morgan fingerprint density at radius 1 is 1.12 bits per heavy atom. The summed E-state index contributed by atoms with van der Waals surface area (Å²) in [4.78, 5) is 12.1. The van der Waals surface area contributed by atoms with Gasteiger partial charge < -0.3 is 10.6 Å². The third kappa shape index (κ3) is 4.42. The third-order valence-corrected chi connectivity index (χ3v) is 4.13. The van der Waals surface area contributed by atoms with E-state index in [1.807, 2.05) is 49.5 Å². The molecule has 0 saturated heterocycles. The van der Waals surface area contributed by atoms with Gasteiger partial charge in [0.05, 0.1) is 11.3 Å². The summed E-state index contributed by atoms with van der Waals surface area (Å²) in [7, 11) is 0. The van der Waals surface area contributed by atoms with E-state index in [0.29, 0.717) is 30.3 Å². The smallest absolute Gasteiger partial charge is 0.252 e. The second-order valence-electron chi connectivity index (χ2n) is 5.34. The minimum Gasteiger partial charge on any atom is -0.367 e. The second kappa shape index (κ2) is 7.89. The molecule has 0 fully saturated rings. The number of amides is 1. The molecule has 0 atom stereocenters. The Kier molecular flexibility index (Phi) is 5.39. The van der Waals surface area contributed by atoms with Crippen molar-refractivity contribution in [1.29, 1.82) is 0 Å². The fourth-order valence-corrected chi connectivity index (χ4v) is 2.66. The molecule has 1 amide bonds. The topological polar surface area (TPSA) is 84.7 Å². The van der Waals surface area contributed by atoms with E-state index >= 15 is 0 Å². The fourth-order valence-electron chi connectivity index (χ4n) is 2.19. The molecule has 0 spiro atoms. The number of nitrogens with zero attached hydrogens (tertiary/aromatic N) is 4. The van der Waals surface area contributed by atoms with E-state index in [-0.39, 0.29) is 5.91 Å². The van der Waals surface area contributed by atoms with E-state index in [1.165, 1.54) is 0 Å². The van der Waals surface area contributed by atoms with Crippen molar-refractivity contribution in [3.63, 3.8) is 0 Å². The normalized spacial score (nSPS) is 10.5. The van der Waals surface area contributed by atoms with Gasteiger partial charge in [0, 0.05) is 23.8 Å². The summed E-state index contributed by atoms with van der Waals surface area (Å²) in [5, 5.41) is 18.5. The number of nitrogens with one attached hydrogen (secondary N) is 2. The lowest BCUT2D eigenvalue weighted by atomic mass is 10.2. The lowest BCUT2D eigenvalue weighted by Gasteiger charge is -2.08. The van der Waals surface area contributed by atoms with Gasteiger partial charge in [-0.15, -0.1) is 10.2 Å². The molecule has 3 rings (SSSR count). The minimum absolute atomic E-state index is 0.121. The molecule has 1 aromatic carbocycles. The zero-order valence-electron chi connectivity index (χ0n) is 13.6. The van der Waals surface area contributed by atoms with Crippen molar-refractivity contribution in [2.75, 3.05) is 18.4 Å². The quantitative estimate of drug-likeness (QED) is 0.621. The van der Waals surface area contributed by atoms with E-state index in [2.05, 4.69) is 41.9 Å². The molecule has 0 unspecified atom stereocenters. The number of carbonyl (C=O) groups is 1. The number of anilines is 1. The second-order valence-corrected chi connectivity index (χ2v) is 6.20. The van der Waals surface area contributed by atoms with Gasteiger partial charge in [-0.1, -0.05) is 12.1 Å². The molecule has 2 aromatic heterocycles. The number of halogens is 1. The van der Waals surface area contributed by atoms with Gasteiger partial charge >= 0.3 is 0 Å². The van der Waals surface area contributed by atoms with Crippen LogP contribution < -0.4 is 10.6 Å². The van der Waals surface area contributed by atoms with Gasteiger partial charge in [0.2, 0.25) is 0 Å². The third-order valence-electron chi connectivity index (χ3n) is 3.44. The van der Waals surface area contributed by atoms with Crippen molar-refractivity contribution in [3.8, 4) is 5.82 Å². The molecular formula is C17H17BrN6O. The van der Waals surface area contributed by atoms with E-state index in [4.69, 9.17) is 0 Å². The Bertz CT molecular complexity index is 862. The van der Waals surface area contributed by atoms with Gasteiger partial charge in [0.15, 0.2) is 5.82 Å². The first kappa shape index (κ1) is 17.1. The molecule has 8 heteroatoms. The van der Waals surface area contributed by atoms with Gasteiger partial charge in [-0.2, -0.15) is 5.10 Å². The zero-order chi connectivity index (χ0) is 17.6. The van der Waals surface area contributed by atoms with Crippen molar-refractivity contribution in [3.05, 3.63) is 64.4 Å². The average Bonchev–Trinajstić information content (AvgIpc) is 3.06. The van der Waals surface area contributed by atoms with Crippen LogP contribution in [0.15, 0.2) is 53.1 Å². The number of rotatable bonds is 6. The van der Waals surface area contributed by atoms with Crippen molar-refractivity contribution >= 4 is 27.7 Å². The lowest BCUT2D eigenvalue weighted by molar-refractivity contribution is 0.0954. The summed E-state index contributed by atoms with van der Waals surface area (Å²) in [6, 6.07) is 12.9. The van der Waals surface area contributed by atoms with E-state index < -0.39 is 0 Å². The SMILES string of the molecule is Cc1ccn(-c2ccc(NCCNC(=O)c3ccccc3Br)nn2)n1. The molecule has 128 valence electrons. The Morgan fingerprint density at radius 2 is 1.96 bits per heavy atom. The molecule has 0 aliphatic rings. The van der Waals surface area contributed by atoms with Crippen LogP contribution in [0.5, 0.6) is 0 Å². The number of benzene rings is 1. The monoisotopic (exact) mass is 400 g/mol. The molecule has 3 aromatic rings. The maximum absolute atomic E-state index is 12.1. The van der Waals surface area contributed by atoms with Crippen molar-refractivity contribution in [2.45, 2.75) is 6.92 Å². The Labute approximate surface area is 153 Å². The first-order chi connectivity index (χ1) is 12.1. The summed E-state index contributed by atoms with van der Waals surface area (Å²) >= 11 is 3.37. The maximum atomic E-state index is 12.1. The first-order valence-electron chi connectivity index (χ1n) is 7.76. The number of aromatic nitrogens is 4. The number of hydrogen-bond donors (Lipinski definition) is 2. The predicted octanol–water partition coefficient (Wildman–Crippen LogP) is 2.58. The molecule has 0 aliphatic carbocycles. The summed E-state index contributed by atoms with van der Waals surface area (Å²) in [6.45, 7) is 2.94. The fraction of sp³-hybridized carbons (Fsp3) is 0.176. The summed E-state index contributed by atoms with van der Waals surface area (Å²) in [6.07, 6.45) is 1.84. The Morgan fingerprint density at radius 3 is 2.64 bits per heavy atom. The number of aryl methyl sites for hydroxylation is 1. The van der Waals surface area contributed by atoms with Gasteiger partial charge in [-0.05, 0) is 53.2 Å². The van der Waals surface area contributed by atoms with Gasteiger partial charge in [-0.3, -0.25) is 4.79 Å². The van der Waals surface area contributed by atoms with E-state index in [0.717, 1.165) is 10.2 Å². The van der Waals surface area contributed by atoms with Crippen LogP contribution in [-0.2, 0) is 0 Å². The minimum atomic E-state index is -0.121. The van der Waals surface area contributed by atoms with Crippen LogP contribution in [0, 0.1) is 6.92 Å². The highest BCUT2D eigenvalue weighted by molar-refractivity contribution is 9.10. The molecule has 2 N–H and O–H groups in total. The highest BCUT2D eigenvalue weighted by Gasteiger charge is 2.08. The molecule has 7 nitrogen and oxygen atoms in total. The first-order valence-corrected chi connectivity index (χ1v) is 8.56. The standard InChI is InChI=1S/C17H17BrN6O/c1-12-8-11-24(23-12)16-7-6-15(21-22-16)19-9-10-20-17(25)13-4-2-3-5-14(13)18/h2-8,11H,9-10H2,1H3,(H,19,21)(H,20,25). The molecule has 2 heterocycles. The van der Waals surface area contributed by atoms with E-state index in [1.54, 1.807) is 10.7 Å². The molecule has 0 radical (unpaired) electrons. The van der Waals surface area contributed by atoms with Crippen LogP contribution in [0.4, 0.5) is 5.82 Å². The van der Waals surface area contributed by atoms with Crippen LogP contribution >= 0.6 is 15.9 Å². The lowest BCUT2D eigenvalue weighted by Crippen LogP contribution is -2.29. The highest BCUT2D eigenvalue weighted by atomic mass is 79.9. The van der Waals surface area contributed by atoms with Crippen LogP contribution in [0.25, 0.3) is 5.82 Å². The summed E-state index contributed by atoms with van der Waals surface area (Å²) in [5.41, 5.74) is 1.53. The molecule has 25 heavy (non-hydrogen) atoms. The van der Waals surface area contributed by atoms with Gasteiger partial charge in [0.1, 0.15) is 5.82 Å². The van der Waals surface area contributed by atoms with Crippen molar-refractivity contribution < 1.29 is 4.79 Å². The zero-order valence-corrected chi connectivity index (χ0v) is 15.2. The number of hydrogen-bond acceptors (Lipinski definition) is 5. The predicted molar refractivity (Wildman–Crippen MR) is 98.9 cm³/mol.